The van der Waals surface area contributed by atoms with Gasteiger partial charge in [-0.1, -0.05) is 44.2 Å². The highest BCUT2D eigenvalue weighted by Crippen LogP contribution is 2.26. The van der Waals surface area contributed by atoms with Gasteiger partial charge in [0.05, 0.1) is 29.2 Å². The highest BCUT2D eigenvalue weighted by molar-refractivity contribution is 6.06. The summed E-state index contributed by atoms with van der Waals surface area (Å²) in [6, 6.07) is 14.8. The molecule has 0 bridgehead atoms. The van der Waals surface area contributed by atoms with E-state index in [4.69, 9.17) is 9.72 Å². The largest absolute Gasteiger partial charge is 0.383 e. The van der Waals surface area contributed by atoms with Crippen LogP contribution in [0.25, 0.3) is 21.8 Å². The number of nitrogens with one attached hydrogen (secondary N) is 1. The molecule has 0 aliphatic heterocycles. The van der Waals surface area contributed by atoms with Gasteiger partial charge in [-0.25, -0.2) is 4.98 Å². The van der Waals surface area contributed by atoms with Crippen molar-refractivity contribution in [3.8, 4) is 0 Å². The van der Waals surface area contributed by atoms with E-state index < -0.39 is 0 Å². The zero-order valence-electron chi connectivity index (χ0n) is 18.8. The molecule has 1 N–H and O–H groups in total. The number of aryl methyl sites for hydroxylation is 1. The minimum Gasteiger partial charge on any atom is -0.383 e. The molecule has 7 heteroatoms. The zero-order valence-corrected chi connectivity index (χ0v) is 18.8. The van der Waals surface area contributed by atoms with Crippen LogP contribution < -0.4 is 10.9 Å². The lowest BCUT2D eigenvalue weighted by atomic mass is 10.0. The molecular formula is C25H28N4O3. The third-order valence-corrected chi connectivity index (χ3v) is 5.83. The molecule has 1 atom stereocenters. The number of benzene rings is 2. The van der Waals surface area contributed by atoms with Gasteiger partial charge in [0, 0.05) is 37.7 Å². The number of ether oxygens (including phenoxy) is 1. The van der Waals surface area contributed by atoms with Crippen molar-refractivity contribution >= 4 is 27.7 Å². The van der Waals surface area contributed by atoms with Gasteiger partial charge in [0.25, 0.3) is 11.5 Å². The third kappa shape index (κ3) is 3.91. The quantitative estimate of drug-likeness (QED) is 0.483. The maximum atomic E-state index is 13.5. The summed E-state index contributed by atoms with van der Waals surface area (Å²) in [4.78, 5) is 31.2. The molecule has 0 fully saturated rings. The lowest BCUT2D eigenvalue weighted by Crippen LogP contribution is -2.34. The topological polar surface area (TPSA) is 78.2 Å². The Kier molecular flexibility index (Phi) is 6.10. The fourth-order valence-electron chi connectivity index (χ4n) is 4.07. The second kappa shape index (κ2) is 8.96. The number of aromatic nitrogens is 3. The molecule has 0 unspecified atom stereocenters. The molecule has 2 heterocycles. The summed E-state index contributed by atoms with van der Waals surface area (Å²) in [6.45, 7) is 4.87. The minimum absolute atomic E-state index is 0.111. The van der Waals surface area contributed by atoms with Crippen molar-refractivity contribution < 1.29 is 9.53 Å². The first kappa shape index (κ1) is 21.8. The molecule has 0 radical (unpaired) electrons. The van der Waals surface area contributed by atoms with Gasteiger partial charge in [0.2, 0.25) is 0 Å². The summed E-state index contributed by atoms with van der Waals surface area (Å²) < 4.78 is 8.71. The maximum Gasteiger partial charge on any atom is 0.258 e. The Morgan fingerprint density at radius 2 is 1.78 bits per heavy atom. The maximum absolute atomic E-state index is 13.5. The van der Waals surface area contributed by atoms with Crippen molar-refractivity contribution in [3.63, 3.8) is 0 Å². The first-order chi connectivity index (χ1) is 15.4. The van der Waals surface area contributed by atoms with Crippen LogP contribution in [0.15, 0.2) is 59.5 Å². The second-order valence-electron chi connectivity index (χ2n) is 8.29. The Bertz CT molecular complexity index is 1340. The number of hydrogen-bond donors (Lipinski definition) is 1. The number of methoxy groups -OCH3 is 1. The molecule has 0 spiro atoms. The van der Waals surface area contributed by atoms with E-state index in [2.05, 4.69) is 19.2 Å². The van der Waals surface area contributed by atoms with Crippen LogP contribution in [0.5, 0.6) is 0 Å². The number of rotatable bonds is 7. The monoisotopic (exact) mass is 432 g/mol. The van der Waals surface area contributed by atoms with E-state index >= 15 is 0 Å². The molecule has 0 saturated heterocycles. The molecule has 0 aliphatic carbocycles. The average Bonchev–Trinajstić information content (AvgIpc) is 3.13. The highest BCUT2D eigenvalue weighted by Gasteiger charge is 2.25. The molecule has 0 saturated carbocycles. The normalized spacial score (nSPS) is 12.5. The second-order valence-corrected chi connectivity index (χ2v) is 8.29. The SMILES string of the molecule is COCCn1cc(C(=O)N[C@@H](c2nc3ccccc3n2C)C(C)C)c2ccccc2c1=O. The number of imidazole rings is 1. The van der Waals surface area contributed by atoms with Gasteiger partial charge in [-0.15, -0.1) is 0 Å². The number of nitrogens with zero attached hydrogens (tertiary/aromatic N) is 3. The number of amides is 1. The molecular weight excluding hydrogens is 404 g/mol. The van der Waals surface area contributed by atoms with Crippen LogP contribution >= 0.6 is 0 Å². The Morgan fingerprint density at radius 3 is 2.47 bits per heavy atom. The van der Waals surface area contributed by atoms with Crippen LogP contribution in [-0.2, 0) is 18.3 Å². The van der Waals surface area contributed by atoms with E-state index in [1.807, 2.05) is 54.1 Å². The van der Waals surface area contributed by atoms with E-state index in [9.17, 15) is 9.59 Å². The Hall–Kier alpha value is -3.45. The molecule has 166 valence electrons. The summed E-state index contributed by atoms with van der Waals surface area (Å²) in [7, 11) is 3.55. The zero-order chi connectivity index (χ0) is 22.8. The van der Waals surface area contributed by atoms with E-state index in [1.54, 1.807) is 23.9 Å². The molecule has 4 rings (SSSR count). The first-order valence-electron chi connectivity index (χ1n) is 10.8. The molecule has 2 aromatic heterocycles. The molecule has 1 amide bonds. The van der Waals surface area contributed by atoms with Crippen LogP contribution in [-0.4, -0.2) is 33.7 Å². The number of para-hydroxylation sites is 2. The van der Waals surface area contributed by atoms with Crippen molar-refractivity contribution in [2.24, 2.45) is 13.0 Å². The van der Waals surface area contributed by atoms with Crippen molar-refractivity contribution in [2.45, 2.75) is 26.4 Å². The van der Waals surface area contributed by atoms with Crippen LogP contribution in [0, 0.1) is 5.92 Å². The summed E-state index contributed by atoms with van der Waals surface area (Å²) >= 11 is 0. The van der Waals surface area contributed by atoms with Crippen molar-refractivity contribution in [1.82, 2.24) is 19.4 Å². The Morgan fingerprint density at radius 1 is 1.09 bits per heavy atom. The van der Waals surface area contributed by atoms with Crippen LogP contribution in [0.1, 0.15) is 36.1 Å². The molecule has 32 heavy (non-hydrogen) atoms. The molecule has 2 aromatic carbocycles. The van der Waals surface area contributed by atoms with E-state index in [-0.39, 0.29) is 23.4 Å². The van der Waals surface area contributed by atoms with E-state index in [1.165, 1.54) is 0 Å². The van der Waals surface area contributed by atoms with Gasteiger partial charge in [-0.05, 0) is 24.1 Å². The van der Waals surface area contributed by atoms with Crippen LogP contribution in [0.3, 0.4) is 0 Å². The number of carbonyl (C=O) groups is 1. The Labute approximate surface area is 186 Å². The number of pyridine rings is 1. The number of carbonyl (C=O) groups excluding carboxylic acids is 1. The minimum atomic E-state index is -0.294. The fraction of sp³-hybridized carbons (Fsp3) is 0.320. The number of hydrogen-bond acceptors (Lipinski definition) is 4. The van der Waals surface area contributed by atoms with Gasteiger partial charge in [-0.3, -0.25) is 9.59 Å². The average molecular weight is 433 g/mol. The van der Waals surface area contributed by atoms with Crippen molar-refractivity contribution in [1.29, 1.82) is 0 Å². The summed E-state index contributed by atoms with van der Waals surface area (Å²) in [5, 5.41) is 4.33. The lowest BCUT2D eigenvalue weighted by Gasteiger charge is -2.23. The predicted molar refractivity (Wildman–Crippen MR) is 126 cm³/mol. The molecule has 4 aromatic rings. The smallest absolute Gasteiger partial charge is 0.258 e. The molecule has 0 aliphatic rings. The standard InChI is InChI=1S/C25H28N4O3/c1-16(2)22(23-26-20-11-7-8-12-21(20)28(23)3)27-24(30)19-15-29(13-14-32-4)25(31)18-10-6-5-9-17(18)19/h5-12,15-16,22H,13-14H2,1-4H3,(H,27,30)/t22-/m1/s1. The lowest BCUT2D eigenvalue weighted by molar-refractivity contribution is 0.0923. The van der Waals surface area contributed by atoms with Crippen LogP contribution in [0.2, 0.25) is 0 Å². The Balaban J connectivity index is 1.76. The van der Waals surface area contributed by atoms with Gasteiger partial charge in [-0.2, -0.15) is 0 Å². The van der Waals surface area contributed by atoms with Gasteiger partial charge >= 0.3 is 0 Å². The van der Waals surface area contributed by atoms with Crippen molar-refractivity contribution in [3.05, 3.63) is 76.5 Å². The summed E-state index contributed by atoms with van der Waals surface area (Å²) in [6.07, 6.45) is 1.63. The number of fused-ring (bicyclic) bond motifs is 2. The first-order valence-corrected chi connectivity index (χ1v) is 10.8. The van der Waals surface area contributed by atoms with Crippen LogP contribution in [0.4, 0.5) is 0 Å². The molecule has 7 nitrogen and oxygen atoms in total. The predicted octanol–water partition coefficient (Wildman–Crippen LogP) is 3.66. The third-order valence-electron chi connectivity index (χ3n) is 5.83. The van der Waals surface area contributed by atoms with Gasteiger partial charge in [0.1, 0.15) is 5.82 Å². The summed E-state index contributed by atoms with van der Waals surface area (Å²) in [5.74, 6) is 0.671. The van der Waals surface area contributed by atoms with Gasteiger partial charge < -0.3 is 19.2 Å². The highest BCUT2D eigenvalue weighted by atomic mass is 16.5. The van der Waals surface area contributed by atoms with Gasteiger partial charge in [0.15, 0.2) is 0 Å². The van der Waals surface area contributed by atoms with E-state index in [0.29, 0.717) is 29.5 Å². The fourth-order valence-corrected chi connectivity index (χ4v) is 4.07. The van der Waals surface area contributed by atoms with E-state index in [0.717, 1.165) is 16.9 Å². The van der Waals surface area contributed by atoms with Crippen molar-refractivity contribution in [2.75, 3.05) is 13.7 Å². The summed E-state index contributed by atoms with van der Waals surface area (Å²) in [5.41, 5.74) is 2.23.